The van der Waals surface area contributed by atoms with E-state index in [1.54, 1.807) is 23.9 Å². The highest BCUT2D eigenvalue weighted by molar-refractivity contribution is 7.20. The first kappa shape index (κ1) is 19.9. The van der Waals surface area contributed by atoms with Crippen LogP contribution < -0.4 is 10.1 Å². The first-order valence-corrected chi connectivity index (χ1v) is 11.0. The van der Waals surface area contributed by atoms with Gasteiger partial charge in [0, 0.05) is 28.9 Å². The summed E-state index contributed by atoms with van der Waals surface area (Å²) in [5.74, 6) is 1.38. The Morgan fingerprint density at radius 2 is 2.10 bits per heavy atom. The average molecular weight is 455 g/mol. The van der Waals surface area contributed by atoms with Crippen LogP contribution in [0.5, 0.6) is 5.75 Å². The predicted octanol–water partition coefficient (Wildman–Crippen LogP) is 4.59. The van der Waals surface area contributed by atoms with E-state index in [9.17, 15) is 4.79 Å². The van der Waals surface area contributed by atoms with E-state index in [1.165, 1.54) is 24.0 Å². The second kappa shape index (κ2) is 7.58. The number of methoxy groups -OCH3 is 1. The van der Waals surface area contributed by atoms with E-state index < -0.39 is 0 Å². The van der Waals surface area contributed by atoms with Crippen LogP contribution in [0.2, 0.25) is 5.15 Å². The molecule has 1 aliphatic rings. The minimum atomic E-state index is -0.328. The van der Waals surface area contributed by atoms with E-state index in [-0.39, 0.29) is 5.91 Å². The van der Waals surface area contributed by atoms with Crippen molar-refractivity contribution in [3.05, 3.63) is 52.8 Å². The maximum absolute atomic E-state index is 13.1. The van der Waals surface area contributed by atoms with Crippen LogP contribution in [0.4, 0.5) is 5.13 Å². The van der Waals surface area contributed by atoms with Crippen molar-refractivity contribution >= 4 is 38.9 Å². The fraction of sp³-hybridized carbons (Fsp3) is 0.286. The van der Waals surface area contributed by atoms with E-state index in [1.807, 2.05) is 19.2 Å². The molecule has 4 aromatic rings. The molecule has 10 heteroatoms. The molecule has 1 fully saturated rings. The molecule has 0 saturated heterocycles. The molecule has 2 unspecified atom stereocenters. The molecule has 1 amide bonds. The Labute approximate surface area is 187 Å². The Balaban J connectivity index is 1.46. The van der Waals surface area contributed by atoms with E-state index in [2.05, 4.69) is 32.3 Å². The number of nitrogens with zero attached hydrogens (tertiary/aromatic N) is 5. The summed E-state index contributed by atoms with van der Waals surface area (Å²) in [7, 11) is 1.55. The van der Waals surface area contributed by atoms with Crippen molar-refractivity contribution < 1.29 is 9.53 Å². The minimum absolute atomic E-state index is 0.304. The van der Waals surface area contributed by atoms with Gasteiger partial charge in [0.05, 0.1) is 30.8 Å². The lowest BCUT2D eigenvalue weighted by atomic mass is 10.0. The number of carbonyl (C=O) groups excluding carboxylic acids is 1. The van der Waals surface area contributed by atoms with Crippen molar-refractivity contribution in [1.82, 2.24) is 24.6 Å². The molecule has 0 aliphatic heterocycles. The molecule has 158 valence electrons. The standard InChI is InChI=1S/C21H19ClN6O2S/c1-10-4-12(10)16-9-28-21(25-16)31-20(27-28)26-19(29)15-7-23-11(2)5-13(15)14-6-18(22)24-8-17(14)30-3/h5-10,12H,4H2,1-3H3,(H,26,27,29). The lowest BCUT2D eigenvalue weighted by Crippen LogP contribution is -2.14. The van der Waals surface area contributed by atoms with Gasteiger partial charge in [-0.25, -0.2) is 14.5 Å². The quantitative estimate of drug-likeness (QED) is 0.443. The molecule has 4 heterocycles. The Morgan fingerprint density at radius 1 is 1.29 bits per heavy atom. The lowest BCUT2D eigenvalue weighted by molar-refractivity contribution is 0.102. The van der Waals surface area contributed by atoms with Crippen LogP contribution in [0, 0.1) is 12.8 Å². The zero-order valence-corrected chi connectivity index (χ0v) is 18.7. The van der Waals surface area contributed by atoms with Crippen LogP contribution in [0.25, 0.3) is 16.1 Å². The van der Waals surface area contributed by atoms with Gasteiger partial charge in [0.15, 0.2) is 0 Å². The summed E-state index contributed by atoms with van der Waals surface area (Å²) in [5.41, 5.74) is 3.52. The molecule has 1 saturated carbocycles. The van der Waals surface area contributed by atoms with Crippen molar-refractivity contribution in [1.29, 1.82) is 0 Å². The van der Waals surface area contributed by atoms with E-state index in [4.69, 9.17) is 16.3 Å². The number of imidazole rings is 1. The van der Waals surface area contributed by atoms with E-state index in [0.717, 1.165) is 16.3 Å². The molecule has 2 atom stereocenters. The predicted molar refractivity (Wildman–Crippen MR) is 119 cm³/mol. The first-order chi connectivity index (χ1) is 14.9. The highest BCUT2D eigenvalue weighted by Crippen LogP contribution is 2.46. The zero-order valence-electron chi connectivity index (χ0n) is 17.1. The number of aryl methyl sites for hydroxylation is 1. The summed E-state index contributed by atoms with van der Waals surface area (Å²) in [6, 6.07) is 3.49. The second-order valence-electron chi connectivity index (χ2n) is 7.65. The number of aromatic nitrogens is 5. The summed E-state index contributed by atoms with van der Waals surface area (Å²) >= 11 is 7.44. The average Bonchev–Trinajstić information content (AvgIpc) is 3.16. The van der Waals surface area contributed by atoms with Crippen LogP contribution in [0.1, 0.15) is 41.0 Å². The van der Waals surface area contributed by atoms with Crippen LogP contribution in [0.3, 0.4) is 0 Å². The highest BCUT2D eigenvalue weighted by atomic mass is 35.5. The Hall–Kier alpha value is -3.04. The third kappa shape index (κ3) is 3.75. The minimum Gasteiger partial charge on any atom is -0.494 e. The van der Waals surface area contributed by atoms with Crippen molar-refractivity contribution in [2.24, 2.45) is 5.92 Å². The van der Waals surface area contributed by atoms with Gasteiger partial charge < -0.3 is 4.74 Å². The van der Waals surface area contributed by atoms with Gasteiger partial charge in [-0.1, -0.05) is 29.9 Å². The molecule has 5 rings (SSSR count). The summed E-state index contributed by atoms with van der Waals surface area (Å²) < 4.78 is 7.15. The number of hydrogen-bond acceptors (Lipinski definition) is 7. The van der Waals surface area contributed by atoms with Gasteiger partial charge in [0.25, 0.3) is 5.91 Å². The van der Waals surface area contributed by atoms with E-state index >= 15 is 0 Å². The maximum Gasteiger partial charge on any atom is 0.259 e. The number of hydrogen-bond donors (Lipinski definition) is 1. The molecule has 8 nitrogen and oxygen atoms in total. The second-order valence-corrected chi connectivity index (χ2v) is 9.00. The van der Waals surface area contributed by atoms with Gasteiger partial charge in [0.2, 0.25) is 10.1 Å². The number of rotatable bonds is 5. The Morgan fingerprint density at radius 3 is 2.81 bits per heavy atom. The zero-order chi connectivity index (χ0) is 21.7. The normalized spacial score (nSPS) is 17.7. The first-order valence-electron chi connectivity index (χ1n) is 9.77. The van der Waals surface area contributed by atoms with Crippen molar-refractivity contribution in [3.8, 4) is 16.9 Å². The number of carbonyl (C=O) groups is 1. The van der Waals surface area contributed by atoms with Gasteiger partial charge in [0.1, 0.15) is 10.9 Å². The van der Waals surface area contributed by atoms with Crippen LogP contribution in [0.15, 0.2) is 30.7 Å². The number of fused-ring (bicyclic) bond motifs is 1. The maximum atomic E-state index is 13.1. The molecule has 1 N–H and O–H groups in total. The van der Waals surface area contributed by atoms with E-state index in [0.29, 0.717) is 44.6 Å². The molecular formula is C21H19ClN6O2S. The van der Waals surface area contributed by atoms with Gasteiger partial charge in [-0.15, -0.1) is 5.10 Å². The molecule has 0 spiro atoms. The van der Waals surface area contributed by atoms with Crippen molar-refractivity contribution in [2.75, 3.05) is 12.4 Å². The molecule has 0 bridgehead atoms. The van der Waals surface area contributed by atoms with Gasteiger partial charge in [-0.2, -0.15) is 0 Å². The summed E-state index contributed by atoms with van der Waals surface area (Å²) in [6.07, 6.45) is 6.18. The number of nitrogens with one attached hydrogen (secondary N) is 1. The Kier molecular flexibility index (Phi) is 4.86. The molecule has 4 aromatic heterocycles. The van der Waals surface area contributed by atoms with Gasteiger partial charge in [-0.3, -0.25) is 15.1 Å². The molecule has 31 heavy (non-hydrogen) atoms. The van der Waals surface area contributed by atoms with Gasteiger partial charge >= 0.3 is 0 Å². The SMILES string of the molecule is COc1cnc(Cl)cc1-c1cc(C)ncc1C(=O)Nc1nn2cc(C3CC3C)nc2s1. The third-order valence-corrected chi connectivity index (χ3v) is 6.45. The number of halogens is 1. The monoisotopic (exact) mass is 454 g/mol. The fourth-order valence-electron chi connectivity index (χ4n) is 3.60. The molecular weight excluding hydrogens is 436 g/mol. The lowest BCUT2D eigenvalue weighted by Gasteiger charge is -2.13. The molecule has 0 aromatic carbocycles. The van der Waals surface area contributed by atoms with Crippen molar-refractivity contribution in [2.45, 2.75) is 26.2 Å². The smallest absolute Gasteiger partial charge is 0.259 e. The summed E-state index contributed by atoms with van der Waals surface area (Å²) in [6.45, 7) is 4.07. The van der Waals surface area contributed by atoms with Gasteiger partial charge in [-0.05, 0) is 31.4 Å². The highest BCUT2D eigenvalue weighted by Gasteiger charge is 2.36. The largest absolute Gasteiger partial charge is 0.494 e. The third-order valence-electron chi connectivity index (χ3n) is 5.40. The summed E-state index contributed by atoms with van der Waals surface area (Å²) in [5, 5.41) is 8.10. The molecule has 1 aliphatic carbocycles. The molecule has 0 radical (unpaired) electrons. The number of ether oxygens (including phenoxy) is 1. The van der Waals surface area contributed by atoms with Crippen LogP contribution >= 0.6 is 22.9 Å². The van der Waals surface area contributed by atoms with Crippen LogP contribution in [-0.2, 0) is 0 Å². The number of anilines is 1. The fourth-order valence-corrected chi connectivity index (χ4v) is 4.54. The summed E-state index contributed by atoms with van der Waals surface area (Å²) in [4.78, 5) is 26.9. The van der Waals surface area contributed by atoms with Crippen LogP contribution in [-0.4, -0.2) is 37.6 Å². The Bertz CT molecular complexity index is 1290. The number of amides is 1. The van der Waals surface area contributed by atoms with Crippen molar-refractivity contribution in [3.63, 3.8) is 0 Å². The number of pyridine rings is 2. The topological polar surface area (TPSA) is 94.3 Å².